The van der Waals surface area contributed by atoms with Crippen molar-refractivity contribution in [1.29, 1.82) is 0 Å². The Kier molecular flexibility index (Phi) is 4.55. The molecule has 0 aliphatic carbocycles. The number of hydrogen-bond donors (Lipinski definition) is 1. The van der Waals surface area contributed by atoms with E-state index < -0.39 is 0 Å². The smallest absolute Gasteiger partial charge is 0.289 e. The molecule has 16 heavy (non-hydrogen) atoms. The number of hydrogen-bond acceptors (Lipinski definition) is 3. The Morgan fingerprint density at radius 2 is 2.25 bits per heavy atom. The van der Waals surface area contributed by atoms with Crippen LogP contribution in [0.15, 0.2) is 22.8 Å². The van der Waals surface area contributed by atoms with Gasteiger partial charge in [0.25, 0.3) is 5.91 Å². The average molecular weight is 224 g/mol. The summed E-state index contributed by atoms with van der Waals surface area (Å²) < 4.78 is 5.05. The molecular formula is C12H20N2O2. The van der Waals surface area contributed by atoms with Gasteiger partial charge in [0.15, 0.2) is 5.76 Å². The third-order valence-electron chi connectivity index (χ3n) is 2.73. The molecule has 0 radical (unpaired) electrons. The maximum absolute atomic E-state index is 11.8. The topological polar surface area (TPSA) is 59.5 Å². The molecule has 1 heterocycles. The van der Waals surface area contributed by atoms with Crippen molar-refractivity contribution >= 4 is 5.91 Å². The first-order valence-electron chi connectivity index (χ1n) is 5.57. The number of carbonyl (C=O) groups is 1. The van der Waals surface area contributed by atoms with Gasteiger partial charge in [0.05, 0.1) is 6.26 Å². The van der Waals surface area contributed by atoms with Crippen LogP contribution < -0.4 is 5.73 Å². The van der Waals surface area contributed by atoms with E-state index in [1.807, 2.05) is 0 Å². The van der Waals surface area contributed by atoms with Crippen molar-refractivity contribution in [3.8, 4) is 0 Å². The summed E-state index contributed by atoms with van der Waals surface area (Å²) in [7, 11) is 1.76. The quantitative estimate of drug-likeness (QED) is 0.828. The van der Waals surface area contributed by atoms with Crippen molar-refractivity contribution in [2.75, 3.05) is 13.6 Å². The van der Waals surface area contributed by atoms with Crippen LogP contribution >= 0.6 is 0 Å². The summed E-state index contributed by atoms with van der Waals surface area (Å²) in [5.74, 6) is 0.716. The Morgan fingerprint density at radius 1 is 1.56 bits per heavy atom. The van der Waals surface area contributed by atoms with Crippen LogP contribution in [-0.2, 0) is 0 Å². The Morgan fingerprint density at radius 3 is 2.75 bits per heavy atom. The molecule has 1 aromatic rings. The lowest BCUT2D eigenvalue weighted by molar-refractivity contribution is 0.0757. The highest BCUT2D eigenvalue weighted by Crippen LogP contribution is 2.07. The van der Waals surface area contributed by atoms with Gasteiger partial charge >= 0.3 is 0 Å². The van der Waals surface area contributed by atoms with Gasteiger partial charge in [0.2, 0.25) is 0 Å². The number of nitrogens with two attached hydrogens (primary N) is 1. The lowest BCUT2D eigenvalue weighted by Crippen LogP contribution is -2.34. The first kappa shape index (κ1) is 12.8. The van der Waals surface area contributed by atoms with Crippen LogP contribution in [0.25, 0.3) is 0 Å². The fourth-order valence-corrected chi connectivity index (χ4v) is 1.37. The fraction of sp³-hybridized carbons (Fsp3) is 0.583. The number of amides is 1. The summed E-state index contributed by atoms with van der Waals surface area (Å²) in [4.78, 5) is 13.4. The predicted molar refractivity (Wildman–Crippen MR) is 63.1 cm³/mol. The molecule has 0 fully saturated rings. The Hall–Kier alpha value is -1.29. The molecule has 0 spiro atoms. The third kappa shape index (κ3) is 3.38. The number of rotatable bonds is 5. The van der Waals surface area contributed by atoms with E-state index in [-0.39, 0.29) is 11.9 Å². The maximum atomic E-state index is 11.8. The molecule has 0 saturated carbocycles. The molecule has 0 aliphatic rings. The predicted octanol–water partition coefficient (Wildman–Crippen LogP) is 1.72. The molecule has 2 N–H and O–H groups in total. The van der Waals surface area contributed by atoms with Gasteiger partial charge in [-0.1, -0.05) is 13.8 Å². The highest BCUT2D eigenvalue weighted by Gasteiger charge is 2.15. The van der Waals surface area contributed by atoms with Gasteiger partial charge < -0.3 is 15.1 Å². The second-order valence-corrected chi connectivity index (χ2v) is 4.40. The molecule has 90 valence electrons. The number of carbonyl (C=O) groups excluding carboxylic acids is 1. The SMILES string of the molecule is CC(C)C(N)CCN(C)C(=O)c1ccco1. The fourth-order valence-electron chi connectivity index (χ4n) is 1.37. The van der Waals surface area contributed by atoms with Crippen molar-refractivity contribution in [3.63, 3.8) is 0 Å². The summed E-state index contributed by atoms with van der Waals surface area (Å²) in [6, 6.07) is 3.51. The van der Waals surface area contributed by atoms with E-state index in [1.54, 1.807) is 24.1 Å². The van der Waals surface area contributed by atoms with E-state index in [0.29, 0.717) is 18.2 Å². The molecule has 1 atom stereocenters. The average Bonchev–Trinajstić information content (AvgIpc) is 2.77. The largest absolute Gasteiger partial charge is 0.459 e. The Bertz CT molecular complexity index is 320. The molecule has 0 saturated heterocycles. The van der Waals surface area contributed by atoms with E-state index in [1.165, 1.54) is 6.26 Å². The summed E-state index contributed by atoms with van der Waals surface area (Å²) >= 11 is 0. The molecular weight excluding hydrogens is 204 g/mol. The van der Waals surface area contributed by atoms with Crippen molar-refractivity contribution < 1.29 is 9.21 Å². The van der Waals surface area contributed by atoms with Crippen molar-refractivity contribution in [2.45, 2.75) is 26.3 Å². The molecule has 0 aliphatic heterocycles. The normalized spacial score (nSPS) is 12.8. The Balaban J connectivity index is 2.41. The molecule has 4 nitrogen and oxygen atoms in total. The molecule has 0 bridgehead atoms. The van der Waals surface area contributed by atoms with E-state index in [4.69, 9.17) is 10.2 Å². The standard InChI is InChI=1S/C12H20N2O2/c1-9(2)10(13)6-7-14(3)12(15)11-5-4-8-16-11/h4-5,8-10H,6-7,13H2,1-3H3. The zero-order valence-corrected chi connectivity index (χ0v) is 10.1. The number of nitrogens with zero attached hydrogens (tertiary/aromatic N) is 1. The van der Waals surface area contributed by atoms with Gasteiger partial charge in [0, 0.05) is 19.6 Å². The monoisotopic (exact) mass is 224 g/mol. The minimum Gasteiger partial charge on any atom is -0.459 e. The zero-order chi connectivity index (χ0) is 12.1. The molecule has 1 amide bonds. The van der Waals surface area contributed by atoms with Crippen molar-refractivity contribution in [2.24, 2.45) is 11.7 Å². The van der Waals surface area contributed by atoms with Crippen LogP contribution in [0.5, 0.6) is 0 Å². The first-order valence-corrected chi connectivity index (χ1v) is 5.57. The highest BCUT2D eigenvalue weighted by atomic mass is 16.3. The second-order valence-electron chi connectivity index (χ2n) is 4.40. The highest BCUT2D eigenvalue weighted by molar-refractivity contribution is 5.91. The summed E-state index contributed by atoms with van der Waals surface area (Å²) in [5.41, 5.74) is 5.92. The van der Waals surface area contributed by atoms with Gasteiger partial charge in [-0.2, -0.15) is 0 Å². The first-order chi connectivity index (χ1) is 7.52. The summed E-state index contributed by atoms with van der Waals surface area (Å²) in [6.45, 7) is 4.82. The van der Waals surface area contributed by atoms with Gasteiger partial charge in [-0.3, -0.25) is 4.79 Å². The third-order valence-corrected chi connectivity index (χ3v) is 2.73. The summed E-state index contributed by atoms with van der Waals surface area (Å²) in [5, 5.41) is 0. The van der Waals surface area contributed by atoms with Crippen LogP contribution in [0, 0.1) is 5.92 Å². The molecule has 1 unspecified atom stereocenters. The minimum atomic E-state index is -0.0963. The van der Waals surface area contributed by atoms with E-state index in [9.17, 15) is 4.79 Å². The molecule has 4 heteroatoms. The van der Waals surface area contributed by atoms with Crippen LogP contribution in [0.2, 0.25) is 0 Å². The van der Waals surface area contributed by atoms with Crippen molar-refractivity contribution in [1.82, 2.24) is 4.90 Å². The van der Waals surface area contributed by atoms with Gasteiger partial charge in [-0.15, -0.1) is 0 Å². The number of furan rings is 1. The minimum absolute atomic E-state index is 0.0963. The lowest BCUT2D eigenvalue weighted by Gasteiger charge is -2.20. The van der Waals surface area contributed by atoms with E-state index in [2.05, 4.69) is 13.8 Å². The lowest BCUT2D eigenvalue weighted by atomic mass is 10.0. The van der Waals surface area contributed by atoms with Crippen LogP contribution in [0.4, 0.5) is 0 Å². The zero-order valence-electron chi connectivity index (χ0n) is 10.1. The maximum Gasteiger partial charge on any atom is 0.289 e. The van der Waals surface area contributed by atoms with Crippen LogP contribution in [-0.4, -0.2) is 30.4 Å². The Labute approximate surface area is 96.4 Å². The molecule has 1 rings (SSSR count). The van der Waals surface area contributed by atoms with E-state index >= 15 is 0 Å². The summed E-state index contributed by atoms with van der Waals surface area (Å²) in [6.07, 6.45) is 2.31. The van der Waals surface area contributed by atoms with Crippen LogP contribution in [0.1, 0.15) is 30.8 Å². The van der Waals surface area contributed by atoms with E-state index in [0.717, 1.165) is 6.42 Å². The molecule has 1 aromatic heterocycles. The van der Waals surface area contributed by atoms with Gasteiger partial charge in [-0.25, -0.2) is 0 Å². The van der Waals surface area contributed by atoms with Gasteiger partial charge in [-0.05, 0) is 24.5 Å². The second kappa shape index (κ2) is 5.70. The molecule has 0 aromatic carbocycles. The van der Waals surface area contributed by atoms with Crippen LogP contribution in [0.3, 0.4) is 0 Å². The van der Waals surface area contributed by atoms with Crippen molar-refractivity contribution in [3.05, 3.63) is 24.2 Å². The van der Waals surface area contributed by atoms with Gasteiger partial charge in [0.1, 0.15) is 0 Å².